The van der Waals surface area contributed by atoms with E-state index in [1.54, 1.807) is 23.9 Å². The van der Waals surface area contributed by atoms with Gasteiger partial charge in [-0.3, -0.25) is 0 Å². The minimum atomic E-state index is 0.677. The van der Waals surface area contributed by atoms with Gasteiger partial charge in [-0.2, -0.15) is 5.26 Å². The van der Waals surface area contributed by atoms with Gasteiger partial charge in [0, 0.05) is 16.3 Å². The van der Waals surface area contributed by atoms with Crippen molar-refractivity contribution in [3.8, 4) is 6.07 Å². The Morgan fingerprint density at radius 1 is 1.53 bits per heavy atom. The van der Waals surface area contributed by atoms with E-state index in [2.05, 4.69) is 19.9 Å². The van der Waals surface area contributed by atoms with Crippen LogP contribution in [-0.4, -0.2) is 5.75 Å². The molecule has 0 amide bonds. The molecule has 80 valence electrons. The highest BCUT2D eigenvalue weighted by molar-refractivity contribution is 7.99. The Bertz CT molecular complexity index is 368. The predicted molar refractivity (Wildman–Crippen MR) is 65.7 cm³/mol. The summed E-state index contributed by atoms with van der Waals surface area (Å²) < 4.78 is 0. The van der Waals surface area contributed by atoms with E-state index in [0.717, 1.165) is 16.3 Å². The molecule has 3 heteroatoms. The number of hydrogen-bond acceptors (Lipinski definition) is 3. The molecule has 0 spiro atoms. The first-order valence-corrected chi connectivity index (χ1v) is 6.08. The lowest BCUT2D eigenvalue weighted by atomic mass is 10.2. The van der Waals surface area contributed by atoms with Gasteiger partial charge in [0.1, 0.15) is 0 Å². The molecule has 1 aromatic carbocycles. The van der Waals surface area contributed by atoms with Gasteiger partial charge in [0.2, 0.25) is 0 Å². The molecule has 0 fully saturated rings. The van der Waals surface area contributed by atoms with Gasteiger partial charge in [0.15, 0.2) is 0 Å². The Hall–Kier alpha value is -1.14. The molecule has 1 rings (SSSR count). The summed E-state index contributed by atoms with van der Waals surface area (Å²) in [6.07, 6.45) is 1.17. The van der Waals surface area contributed by atoms with E-state index < -0.39 is 0 Å². The van der Waals surface area contributed by atoms with E-state index in [1.165, 1.54) is 6.42 Å². The molecule has 1 unspecified atom stereocenters. The normalized spacial score (nSPS) is 12.1. The lowest BCUT2D eigenvalue weighted by molar-refractivity contribution is 0.637. The van der Waals surface area contributed by atoms with Crippen molar-refractivity contribution in [2.45, 2.75) is 25.2 Å². The lowest BCUT2D eigenvalue weighted by Gasteiger charge is -2.09. The Labute approximate surface area is 95.5 Å². The monoisotopic (exact) mass is 220 g/mol. The van der Waals surface area contributed by atoms with Gasteiger partial charge in [-0.25, -0.2) is 0 Å². The van der Waals surface area contributed by atoms with Crippen molar-refractivity contribution >= 4 is 17.4 Å². The third-order valence-corrected chi connectivity index (χ3v) is 3.76. The highest BCUT2D eigenvalue weighted by Gasteiger charge is 2.04. The maximum Gasteiger partial charge on any atom is 0.0992 e. The number of rotatable bonds is 4. The second kappa shape index (κ2) is 5.67. The molecule has 0 bridgehead atoms. The molecule has 0 radical (unpaired) electrons. The minimum absolute atomic E-state index is 0.677. The molecule has 2 N–H and O–H groups in total. The molecule has 0 aliphatic heterocycles. The Kier molecular flexibility index (Phi) is 4.51. The van der Waals surface area contributed by atoms with Gasteiger partial charge in [0.25, 0.3) is 0 Å². The van der Waals surface area contributed by atoms with E-state index >= 15 is 0 Å². The van der Waals surface area contributed by atoms with Crippen molar-refractivity contribution in [2.75, 3.05) is 11.5 Å². The third kappa shape index (κ3) is 3.49. The van der Waals surface area contributed by atoms with Crippen LogP contribution in [-0.2, 0) is 0 Å². The maximum absolute atomic E-state index is 8.78. The van der Waals surface area contributed by atoms with Crippen LogP contribution in [0.2, 0.25) is 0 Å². The lowest BCUT2D eigenvalue weighted by Crippen LogP contribution is -1.97. The fraction of sp³-hybridized carbons (Fsp3) is 0.417. The standard InChI is InChI=1S/C12H16N2S/c1-3-9(2)8-15-12-6-10(7-13)4-5-11(12)14/h4-6,9H,3,8,14H2,1-2H3. The van der Waals surface area contributed by atoms with Crippen LogP contribution in [0.25, 0.3) is 0 Å². The number of anilines is 1. The van der Waals surface area contributed by atoms with Gasteiger partial charge < -0.3 is 5.73 Å². The number of nitrogens with zero attached hydrogens (tertiary/aromatic N) is 1. The van der Waals surface area contributed by atoms with E-state index in [-0.39, 0.29) is 0 Å². The highest BCUT2D eigenvalue weighted by Crippen LogP contribution is 2.28. The number of benzene rings is 1. The predicted octanol–water partition coefficient (Wildman–Crippen LogP) is 3.28. The van der Waals surface area contributed by atoms with E-state index in [4.69, 9.17) is 11.0 Å². The molecule has 0 heterocycles. The number of nitrogen functional groups attached to an aromatic ring is 1. The molecule has 0 aliphatic rings. The van der Waals surface area contributed by atoms with Crippen LogP contribution in [0.1, 0.15) is 25.8 Å². The first-order chi connectivity index (χ1) is 7.17. The first-order valence-electron chi connectivity index (χ1n) is 5.09. The summed E-state index contributed by atoms with van der Waals surface area (Å²) in [7, 11) is 0. The number of hydrogen-bond donors (Lipinski definition) is 1. The molecule has 15 heavy (non-hydrogen) atoms. The van der Waals surface area contributed by atoms with Crippen LogP contribution in [0.5, 0.6) is 0 Å². The summed E-state index contributed by atoms with van der Waals surface area (Å²) in [4.78, 5) is 1.02. The van der Waals surface area contributed by atoms with E-state index in [1.807, 2.05) is 6.07 Å². The van der Waals surface area contributed by atoms with Crippen LogP contribution >= 0.6 is 11.8 Å². The fourth-order valence-electron chi connectivity index (χ4n) is 1.08. The zero-order valence-corrected chi connectivity index (χ0v) is 9.97. The van der Waals surface area contributed by atoms with E-state index in [0.29, 0.717) is 11.5 Å². The van der Waals surface area contributed by atoms with Gasteiger partial charge in [-0.05, 0) is 24.1 Å². The van der Waals surface area contributed by atoms with Gasteiger partial charge in [-0.1, -0.05) is 20.3 Å². The summed E-state index contributed by atoms with van der Waals surface area (Å²) in [5, 5.41) is 8.78. The fourth-order valence-corrected chi connectivity index (χ4v) is 2.22. The van der Waals surface area contributed by atoms with Crippen LogP contribution in [0.15, 0.2) is 23.1 Å². The van der Waals surface area contributed by atoms with Gasteiger partial charge in [0.05, 0.1) is 11.6 Å². The molecule has 0 saturated carbocycles. The molecule has 1 atom stereocenters. The summed E-state index contributed by atoms with van der Waals surface area (Å²) >= 11 is 1.73. The smallest absolute Gasteiger partial charge is 0.0992 e. The van der Waals surface area contributed by atoms with Crippen molar-refractivity contribution in [3.05, 3.63) is 23.8 Å². The van der Waals surface area contributed by atoms with Crippen LogP contribution in [0, 0.1) is 17.2 Å². The van der Waals surface area contributed by atoms with Crippen LogP contribution < -0.4 is 5.73 Å². The molecule has 0 saturated heterocycles. The Balaban J connectivity index is 2.72. The Morgan fingerprint density at radius 2 is 2.27 bits per heavy atom. The molecular weight excluding hydrogens is 204 g/mol. The van der Waals surface area contributed by atoms with E-state index in [9.17, 15) is 0 Å². The molecule has 0 aromatic heterocycles. The third-order valence-electron chi connectivity index (χ3n) is 2.36. The average molecular weight is 220 g/mol. The zero-order valence-electron chi connectivity index (χ0n) is 9.16. The SMILES string of the molecule is CCC(C)CSc1cc(C#N)ccc1N. The summed E-state index contributed by atoms with van der Waals surface area (Å²) in [5.41, 5.74) is 7.28. The summed E-state index contributed by atoms with van der Waals surface area (Å²) in [5.74, 6) is 1.73. The van der Waals surface area contributed by atoms with Crippen molar-refractivity contribution in [2.24, 2.45) is 5.92 Å². The molecule has 2 nitrogen and oxygen atoms in total. The van der Waals surface area contributed by atoms with Gasteiger partial charge in [-0.15, -0.1) is 11.8 Å². The maximum atomic E-state index is 8.78. The van der Waals surface area contributed by atoms with Crippen molar-refractivity contribution in [1.29, 1.82) is 5.26 Å². The molecular formula is C12H16N2S. The first kappa shape index (κ1) is 11.9. The van der Waals surface area contributed by atoms with Crippen LogP contribution in [0.4, 0.5) is 5.69 Å². The topological polar surface area (TPSA) is 49.8 Å². The highest BCUT2D eigenvalue weighted by atomic mass is 32.2. The number of nitriles is 1. The number of nitrogens with two attached hydrogens (primary N) is 1. The van der Waals surface area contributed by atoms with Crippen molar-refractivity contribution in [1.82, 2.24) is 0 Å². The van der Waals surface area contributed by atoms with Crippen molar-refractivity contribution in [3.63, 3.8) is 0 Å². The summed E-state index contributed by atoms with van der Waals surface area (Å²) in [6.45, 7) is 4.40. The zero-order chi connectivity index (χ0) is 11.3. The summed E-state index contributed by atoms with van der Waals surface area (Å²) in [6, 6.07) is 7.55. The minimum Gasteiger partial charge on any atom is -0.398 e. The average Bonchev–Trinajstić information content (AvgIpc) is 2.27. The molecule has 0 aliphatic carbocycles. The Morgan fingerprint density at radius 3 is 2.87 bits per heavy atom. The van der Waals surface area contributed by atoms with Gasteiger partial charge >= 0.3 is 0 Å². The second-order valence-corrected chi connectivity index (χ2v) is 4.75. The van der Waals surface area contributed by atoms with Crippen LogP contribution in [0.3, 0.4) is 0 Å². The quantitative estimate of drug-likeness (QED) is 0.625. The number of thioether (sulfide) groups is 1. The van der Waals surface area contributed by atoms with Crippen molar-refractivity contribution < 1.29 is 0 Å². The largest absolute Gasteiger partial charge is 0.398 e. The molecule has 1 aromatic rings. The second-order valence-electron chi connectivity index (χ2n) is 3.69.